The maximum absolute atomic E-state index is 11.9. The molecule has 0 aliphatic rings. The molecule has 17 heavy (non-hydrogen) atoms. The van der Waals surface area contributed by atoms with E-state index in [0.717, 1.165) is 12.1 Å². The number of halogens is 1. The Kier molecular flexibility index (Phi) is 4.57. The van der Waals surface area contributed by atoms with E-state index >= 15 is 0 Å². The highest BCUT2D eigenvalue weighted by Gasteiger charge is 2.19. The molecule has 4 nitrogen and oxygen atoms in total. The third-order valence-electron chi connectivity index (χ3n) is 2.73. The van der Waals surface area contributed by atoms with Crippen LogP contribution in [0.15, 0.2) is 6.07 Å². The largest absolute Gasteiger partial charge is 0.350 e. The van der Waals surface area contributed by atoms with Gasteiger partial charge in [-0.15, -0.1) is 11.6 Å². The van der Waals surface area contributed by atoms with Crippen molar-refractivity contribution in [3.8, 4) is 0 Å². The molecule has 0 bridgehead atoms. The van der Waals surface area contributed by atoms with Crippen LogP contribution in [0.3, 0.4) is 0 Å². The quantitative estimate of drug-likeness (QED) is 0.822. The molecule has 0 atom stereocenters. The summed E-state index contributed by atoms with van der Waals surface area (Å²) < 4.78 is 1.60. The number of aryl methyl sites for hydroxylation is 2. The lowest BCUT2D eigenvalue weighted by atomic mass is 9.90. The lowest BCUT2D eigenvalue weighted by Gasteiger charge is -2.23. The Labute approximate surface area is 107 Å². The molecule has 0 spiro atoms. The number of amides is 1. The summed E-state index contributed by atoms with van der Waals surface area (Å²) in [5.74, 6) is 0.518. The first-order valence-electron chi connectivity index (χ1n) is 5.70. The molecule has 1 amide bonds. The average molecular weight is 258 g/mol. The first-order chi connectivity index (χ1) is 7.85. The summed E-state index contributed by atoms with van der Waals surface area (Å²) in [5, 5.41) is 7.07. The zero-order valence-electron chi connectivity index (χ0n) is 10.9. The van der Waals surface area contributed by atoms with Crippen molar-refractivity contribution < 1.29 is 4.79 Å². The minimum Gasteiger partial charge on any atom is -0.350 e. The van der Waals surface area contributed by atoms with E-state index in [-0.39, 0.29) is 11.3 Å². The Bertz CT molecular complexity index is 398. The summed E-state index contributed by atoms with van der Waals surface area (Å²) in [6.45, 7) is 6.66. The summed E-state index contributed by atoms with van der Waals surface area (Å²) in [6.07, 6.45) is 0.874. The van der Waals surface area contributed by atoms with Gasteiger partial charge >= 0.3 is 0 Å². The van der Waals surface area contributed by atoms with E-state index in [1.54, 1.807) is 17.8 Å². The Balaban J connectivity index is 2.59. The predicted molar refractivity (Wildman–Crippen MR) is 69.4 cm³/mol. The molecule has 1 aromatic heterocycles. The van der Waals surface area contributed by atoms with Gasteiger partial charge in [-0.1, -0.05) is 13.8 Å². The van der Waals surface area contributed by atoms with Gasteiger partial charge in [0.2, 0.25) is 0 Å². The van der Waals surface area contributed by atoms with Crippen LogP contribution in [0.25, 0.3) is 0 Å². The fourth-order valence-electron chi connectivity index (χ4n) is 1.58. The van der Waals surface area contributed by atoms with E-state index in [1.807, 2.05) is 6.92 Å². The Hall–Kier alpha value is -1.03. The van der Waals surface area contributed by atoms with Crippen molar-refractivity contribution >= 4 is 17.5 Å². The second-order valence-corrected chi connectivity index (χ2v) is 5.46. The first kappa shape index (κ1) is 14.0. The molecule has 0 unspecified atom stereocenters. The lowest BCUT2D eigenvalue weighted by molar-refractivity contribution is 0.0926. The number of nitrogens with zero attached hydrogens (tertiary/aromatic N) is 2. The maximum Gasteiger partial charge on any atom is 0.269 e. The van der Waals surface area contributed by atoms with Crippen LogP contribution >= 0.6 is 11.6 Å². The van der Waals surface area contributed by atoms with Crippen LogP contribution in [0, 0.1) is 12.3 Å². The standard InChI is InChI=1S/C12H20ClN3O/c1-9-7-10(16(4)15-9)11(17)14-8-12(2,3)5-6-13/h7H,5-6,8H2,1-4H3,(H,14,17). The minimum atomic E-state index is -0.0873. The molecule has 0 saturated heterocycles. The molecule has 1 aromatic rings. The van der Waals surface area contributed by atoms with E-state index in [4.69, 9.17) is 11.6 Å². The Morgan fingerprint density at radius 1 is 1.59 bits per heavy atom. The molecule has 0 fully saturated rings. The maximum atomic E-state index is 11.9. The summed E-state index contributed by atoms with van der Waals surface area (Å²) in [4.78, 5) is 11.9. The molecule has 0 aliphatic carbocycles. The summed E-state index contributed by atoms with van der Waals surface area (Å²) in [5.41, 5.74) is 1.45. The van der Waals surface area contributed by atoms with Crippen LogP contribution in [-0.4, -0.2) is 28.1 Å². The van der Waals surface area contributed by atoms with Gasteiger partial charge in [0.25, 0.3) is 5.91 Å². The fraction of sp³-hybridized carbons (Fsp3) is 0.667. The molecule has 0 aliphatic heterocycles. The van der Waals surface area contributed by atoms with E-state index in [9.17, 15) is 4.79 Å². The Morgan fingerprint density at radius 3 is 2.71 bits per heavy atom. The van der Waals surface area contributed by atoms with Crippen molar-refractivity contribution in [3.05, 3.63) is 17.5 Å². The topological polar surface area (TPSA) is 46.9 Å². The monoisotopic (exact) mass is 257 g/mol. The highest BCUT2D eigenvalue weighted by Crippen LogP contribution is 2.19. The summed E-state index contributed by atoms with van der Waals surface area (Å²) >= 11 is 5.72. The minimum absolute atomic E-state index is 0.0189. The number of alkyl halides is 1. The molecule has 0 aromatic carbocycles. The predicted octanol–water partition coefficient (Wildman–Crippen LogP) is 2.11. The van der Waals surface area contributed by atoms with E-state index in [2.05, 4.69) is 24.3 Å². The van der Waals surface area contributed by atoms with E-state index in [0.29, 0.717) is 18.1 Å². The van der Waals surface area contributed by atoms with Crippen molar-refractivity contribution in [1.29, 1.82) is 0 Å². The second-order valence-electron chi connectivity index (χ2n) is 5.08. The zero-order chi connectivity index (χ0) is 13.1. The summed E-state index contributed by atoms with van der Waals surface area (Å²) in [6, 6.07) is 1.78. The molecule has 1 heterocycles. The highest BCUT2D eigenvalue weighted by atomic mass is 35.5. The number of rotatable bonds is 5. The zero-order valence-corrected chi connectivity index (χ0v) is 11.6. The molecular formula is C12H20ClN3O. The molecule has 96 valence electrons. The van der Waals surface area contributed by atoms with Crippen molar-refractivity contribution in [2.24, 2.45) is 12.5 Å². The second kappa shape index (κ2) is 5.54. The van der Waals surface area contributed by atoms with Gasteiger partial charge in [0.05, 0.1) is 5.69 Å². The molecule has 1 rings (SSSR count). The van der Waals surface area contributed by atoms with E-state index in [1.165, 1.54) is 0 Å². The van der Waals surface area contributed by atoms with Crippen LogP contribution < -0.4 is 5.32 Å². The number of carbonyl (C=O) groups is 1. The van der Waals surface area contributed by atoms with Gasteiger partial charge in [-0.25, -0.2) is 0 Å². The van der Waals surface area contributed by atoms with Gasteiger partial charge in [0, 0.05) is 19.5 Å². The van der Waals surface area contributed by atoms with Crippen LogP contribution in [0.4, 0.5) is 0 Å². The normalized spacial score (nSPS) is 11.6. The van der Waals surface area contributed by atoms with Crippen LogP contribution in [0.2, 0.25) is 0 Å². The van der Waals surface area contributed by atoms with Gasteiger partial charge in [-0.3, -0.25) is 9.48 Å². The molecular weight excluding hydrogens is 238 g/mol. The average Bonchev–Trinajstić information content (AvgIpc) is 2.54. The van der Waals surface area contributed by atoms with Crippen molar-refractivity contribution in [3.63, 3.8) is 0 Å². The van der Waals surface area contributed by atoms with Crippen LogP contribution in [-0.2, 0) is 7.05 Å². The Morgan fingerprint density at radius 2 is 2.24 bits per heavy atom. The third kappa shape index (κ3) is 4.04. The van der Waals surface area contributed by atoms with Crippen LogP contribution in [0.1, 0.15) is 36.5 Å². The van der Waals surface area contributed by atoms with Crippen molar-refractivity contribution in [2.75, 3.05) is 12.4 Å². The smallest absolute Gasteiger partial charge is 0.269 e. The van der Waals surface area contributed by atoms with Gasteiger partial charge in [-0.05, 0) is 24.8 Å². The van der Waals surface area contributed by atoms with Gasteiger partial charge < -0.3 is 5.32 Å². The van der Waals surface area contributed by atoms with Gasteiger partial charge in [0.15, 0.2) is 0 Å². The lowest BCUT2D eigenvalue weighted by Crippen LogP contribution is -2.35. The van der Waals surface area contributed by atoms with E-state index < -0.39 is 0 Å². The number of nitrogens with one attached hydrogen (secondary N) is 1. The number of carbonyl (C=O) groups excluding carboxylic acids is 1. The molecule has 5 heteroatoms. The number of aromatic nitrogens is 2. The summed E-state index contributed by atoms with van der Waals surface area (Å²) in [7, 11) is 1.77. The third-order valence-corrected chi connectivity index (χ3v) is 2.92. The van der Waals surface area contributed by atoms with Gasteiger partial charge in [0.1, 0.15) is 5.69 Å². The SMILES string of the molecule is Cc1cc(C(=O)NCC(C)(C)CCCl)n(C)n1. The molecule has 0 saturated carbocycles. The molecule has 1 N–H and O–H groups in total. The van der Waals surface area contributed by atoms with Crippen LogP contribution in [0.5, 0.6) is 0 Å². The van der Waals surface area contributed by atoms with Crippen molar-refractivity contribution in [2.45, 2.75) is 27.2 Å². The molecule has 0 radical (unpaired) electrons. The number of hydrogen-bond acceptors (Lipinski definition) is 2. The highest BCUT2D eigenvalue weighted by molar-refractivity contribution is 6.17. The van der Waals surface area contributed by atoms with Gasteiger partial charge in [-0.2, -0.15) is 5.10 Å². The fourth-order valence-corrected chi connectivity index (χ4v) is 2.09. The van der Waals surface area contributed by atoms with Crippen molar-refractivity contribution in [1.82, 2.24) is 15.1 Å². The number of hydrogen-bond donors (Lipinski definition) is 1. The first-order valence-corrected chi connectivity index (χ1v) is 6.24.